The fraction of sp³-hybridized carbons (Fsp3) is 0.333. The van der Waals surface area contributed by atoms with Crippen molar-refractivity contribution in [3.63, 3.8) is 0 Å². The number of anilines is 1. The number of aromatic nitrogens is 2. The molecule has 1 aliphatic rings. The molecule has 0 fully saturated rings. The van der Waals surface area contributed by atoms with Crippen molar-refractivity contribution in [1.29, 1.82) is 0 Å². The van der Waals surface area contributed by atoms with E-state index in [1.807, 2.05) is 28.8 Å². The molecule has 1 unspecified atom stereocenters. The number of hydrogen-bond donors (Lipinski definition) is 0. The summed E-state index contributed by atoms with van der Waals surface area (Å²) in [5.41, 5.74) is 2.96. The minimum absolute atomic E-state index is 0.110. The van der Waals surface area contributed by atoms with Gasteiger partial charge in [0.15, 0.2) is 5.16 Å². The molecule has 4 nitrogen and oxygen atoms in total. The number of carbonyl (C=O) groups excluding carboxylic acids is 1. The number of hydrogen-bond acceptors (Lipinski definition) is 3. The van der Waals surface area contributed by atoms with Gasteiger partial charge in [-0.25, -0.2) is 4.98 Å². The number of fused-ring (bicyclic) bond motifs is 1. The molecular formula is C24H26BrN3OS. The maximum atomic E-state index is 13.4. The van der Waals surface area contributed by atoms with Crippen molar-refractivity contribution in [2.24, 2.45) is 7.05 Å². The number of rotatable bonds is 4. The van der Waals surface area contributed by atoms with E-state index in [0.717, 1.165) is 21.7 Å². The second kappa shape index (κ2) is 7.89. The molecule has 0 saturated carbocycles. The van der Waals surface area contributed by atoms with Crippen LogP contribution in [-0.2, 0) is 17.3 Å². The van der Waals surface area contributed by atoms with Gasteiger partial charge >= 0.3 is 0 Å². The van der Waals surface area contributed by atoms with Crippen molar-refractivity contribution >= 4 is 39.3 Å². The van der Waals surface area contributed by atoms with Crippen LogP contribution in [0.4, 0.5) is 5.69 Å². The number of benzene rings is 2. The van der Waals surface area contributed by atoms with Crippen molar-refractivity contribution in [2.75, 3.05) is 10.7 Å². The smallest absolute Gasteiger partial charge is 0.237 e. The van der Waals surface area contributed by atoms with Gasteiger partial charge in [-0.2, -0.15) is 0 Å². The van der Waals surface area contributed by atoms with Crippen LogP contribution in [0.2, 0.25) is 0 Å². The minimum Gasteiger partial charge on any atom is -0.329 e. The minimum atomic E-state index is -0.324. The van der Waals surface area contributed by atoms with Gasteiger partial charge in [0.2, 0.25) is 5.91 Å². The molecule has 2 aromatic carbocycles. The highest BCUT2D eigenvalue weighted by Gasteiger charge is 2.47. The Morgan fingerprint density at radius 2 is 1.83 bits per heavy atom. The number of para-hydroxylation sites is 1. The van der Waals surface area contributed by atoms with Crippen molar-refractivity contribution in [2.45, 2.75) is 43.3 Å². The molecule has 4 rings (SSSR count). The summed E-state index contributed by atoms with van der Waals surface area (Å²) in [5, 5.41) is 0.853. The average Bonchev–Trinajstić information content (AvgIpc) is 3.11. The summed E-state index contributed by atoms with van der Waals surface area (Å²) in [6.07, 6.45) is 4.50. The summed E-state index contributed by atoms with van der Waals surface area (Å²) in [5.74, 6) is 0.468. The molecule has 0 bridgehead atoms. The van der Waals surface area contributed by atoms with E-state index in [0.29, 0.717) is 5.75 Å². The summed E-state index contributed by atoms with van der Waals surface area (Å²) in [6, 6.07) is 16.9. The van der Waals surface area contributed by atoms with Crippen molar-refractivity contribution in [3.05, 3.63) is 76.5 Å². The van der Waals surface area contributed by atoms with Crippen LogP contribution < -0.4 is 4.90 Å². The quantitative estimate of drug-likeness (QED) is 0.440. The molecule has 1 amide bonds. The van der Waals surface area contributed by atoms with Gasteiger partial charge in [-0.3, -0.25) is 4.79 Å². The van der Waals surface area contributed by atoms with Crippen LogP contribution >= 0.6 is 27.7 Å². The Kier molecular flexibility index (Phi) is 5.58. The highest BCUT2D eigenvalue weighted by Crippen LogP contribution is 2.50. The Hall–Kier alpha value is -2.05. The molecule has 0 spiro atoms. The molecule has 0 saturated heterocycles. The standard InChI is InChI=1S/C24H26BrN3OS/c1-23(2)16-24(3,17-9-11-18(25)12-10-17)19-7-5-6-8-20(19)28(23)21(29)15-30-22-26-13-14-27(22)4/h5-14H,15-16H2,1-4H3. The number of halogens is 1. The third-order valence-electron chi connectivity index (χ3n) is 5.96. The third kappa shape index (κ3) is 3.71. The lowest BCUT2D eigenvalue weighted by molar-refractivity contribution is -0.117. The molecule has 0 radical (unpaired) electrons. The predicted molar refractivity (Wildman–Crippen MR) is 127 cm³/mol. The zero-order valence-corrected chi connectivity index (χ0v) is 20.1. The summed E-state index contributed by atoms with van der Waals surface area (Å²) in [7, 11) is 1.95. The number of imidazole rings is 1. The van der Waals surface area contributed by atoms with Gasteiger partial charge in [0.25, 0.3) is 0 Å². The van der Waals surface area contributed by atoms with Crippen LogP contribution in [0.1, 0.15) is 38.3 Å². The highest BCUT2D eigenvalue weighted by molar-refractivity contribution is 9.10. The van der Waals surface area contributed by atoms with Crippen molar-refractivity contribution in [1.82, 2.24) is 9.55 Å². The monoisotopic (exact) mass is 483 g/mol. The SMILES string of the molecule is Cn1ccnc1SCC(=O)N1c2ccccc2C(C)(c2ccc(Br)cc2)CC1(C)C. The van der Waals surface area contributed by atoms with Crippen LogP contribution in [0, 0.1) is 0 Å². The molecular weight excluding hydrogens is 458 g/mol. The molecule has 0 N–H and O–H groups in total. The first-order chi connectivity index (χ1) is 14.2. The lowest BCUT2D eigenvalue weighted by atomic mass is 9.65. The molecule has 3 aromatic rings. The van der Waals surface area contributed by atoms with Gasteiger partial charge in [-0.1, -0.05) is 64.9 Å². The summed E-state index contributed by atoms with van der Waals surface area (Å²) >= 11 is 5.03. The lowest BCUT2D eigenvalue weighted by Crippen LogP contribution is -2.56. The first kappa shape index (κ1) is 21.2. The fourth-order valence-electron chi connectivity index (χ4n) is 4.73. The Morgan fingerprint density at radius 3 is 2.50 bits per heavy atom. The Balaban J connectivity index is 1.72. The van der Waals surface area contributed by atoms with E-state index in [4.69, 9.17) is 0 Å². The summed E-state index contributed by atoms with van der Waals surface area (Å²) in [4.78, 5) is 19.8. The van der Waals surface area contributed by atoms with Crippen LogP contribution in [-0.4, -0.2) is 26.8 Å². The van der Waals surface area contributed by atoms with Crippen LogP contribution in [0.5, 0.6) is 0 Å². The van der Waals surface area contributed by atoms with Crippen molar-refractivity contribution in [3.8, 4) is 0 Å². The zero-order chi connectivity index (χ0) is 21.5. The lowest BCUT2D eigenvalue weighted by Gasteiger charge is -2.51. The van der Waals surface area contributed by atoms with Gasteiger partial charge in [-0.05, 0) is 49.6 Å². The van der Waals surface area contributed by atoms with Gasteiger partial charge in [0.05, 0.1) is 5.75 Å². The molecule has 1 aliphatic heterocycles. The second-order valence-electron chi connectivity index (χ2n) is 8.68. The van der Waals surface area contributed by atoms with Gasteiger partial charge in [0, 0.05) is 40.6 Å². The van der Waals surface area contributed by atoms with Crippen LogP contribution in [0.15, 0.2) is 70.6 Å². The van der Waals surface area contributed by atoms with E-state index in [9.17, 15) is 4.79 Å². The molecule has 1 aromatic heterocycles. The Bertz CT molecular complexity index is 1080. The number of thioether (sulfide) groups is 1. The number of amides is 1. The predicted octanol–water partition coefficient (Wildman–Crippen LogP) is 5.80. The van der Waals surface area contributed by atoms with Gasteiger partial charge in [-0.15, -0.1) is 0 Å². The molecule has 30 heavy (non-hydrogen) atoms. The highest BCUT2D eigenvalue weighted by atomic mass is 79.9. The van der Waals surface area contributed by atoms with E-state index < -0.39 is 0 Å². The van der Waals surface area contributed by atoms with E-state index >= 15 is 0 Å². The number of nitrogens with zero attached hydrogens (tertiary/aromatic N) is 3. The largest absolute Gasteiger partial charge is 0.329 e. The Labute approximate surface area is 190 Å². The van der Waals surface area contributed by atoms with E-state index in [1.165, 1.54) is 22.9 Å². The third-order valence-corrected chi connectivity index (χ3v) is 7.53. The number of carbonyl (C=O) groups is 1. The van der Waals surface area contributed by atoms with E-state index in [1.54, 1.807) is 6.20 Å². The fourth-order valence-corrected chi connectivity index (χ4v) is 5.78. The first-order valence-electron chi connectivity index (χ1n) is 10.0. The second-order valence-corrected chi connectivity index (χ2v) is 10.5. The summed E-state index contributed by atoms with van der Waals surface area (Å²) < 4.78 is 3.01. The van der Waals surface area contributed by atoms with E-state index in [2.05, 4.69) is 84.1 Å². The Morgan fingerprint density at radius 1 is 1.13 bits per heavy atom. The normalized spacial score (nSPS) is 20.1. The summed E-state index contributed by atoms with van der Waals surface area (Å²) in [6.45, 7) is 6.63. The molecule has 1 atom stereocenters. The average molecular weight is 484 g/mol. The zero-order valence-electron chi connectivity index (χ0n) is 17.7. The maximum absolute atomic E-state index is 13.4. The molecule has 0 aliphatic carbocycles. The first-order valence-corrected chi connectivity index (χ1v) is 11.8. The topological polar surface area (TPSA) is 38.1 Å². The van der Waals surface area contributed by atoms with Crippen LogP contribution in [0.25, 0.3) is 0 Å². The number of aryl methyl sites for hydroxylation is 1. The van der Waals surface area contributed by atoms with Crippen LogP contribution in [0.3, 0.4) is 0 Å². The molecule has 156 valence electrons. The van der Waals surface area contributed by atoms with Crippen molar-refractivity contribution < 1.29 is 4.79 Å². The van der Waals surface area contributed by atoms with Gasteiger partial charge < -0.3 is 9.47 Å². The van der Waals surface area contributed by atoms with E-state index in [-0.39, 0.29) is 16.9 Å². The molecule has 2 heterocycles. The van der Waals surface area contributed by atoms with Gasteiger partial charge in [0.1, 0.15) is 0 Å². The molecule has 6 heteroatoms. The maximum Gasteiger partial charge on any atom is 0.237 e.